The van der Waals surface area contributed by atoms with Crippen molar-refractivity contribution in [2.24, 2.45) is 5.73 Å². The first-order chi connectivity index (χ1) is 11.0. The third-order valence-corrected chi connectivity index (χ3v) is 3.76. The van der Waals surface area contributed by atoms with Crippen molar-refractivity contribution < 1.29 is 19.1 Å². The molecule has 0 spiro atoms. The summed E-state index contributed by atoms with van der Waals surface area (Å²) in [6.45, 7) is 1.39. The highest BCUT2D eigenvalue weighted by atomic mass is 35.5. The number of nitrogens with two attached hydrogens (primary N) is 1. The van der Waals surface area contributed by atoms with Crippen LogP contribution in [0.25, 0.3) is 0 Å². The standard InChI is InChI=1S/C15H20ClN3O4/c1-22-12-6-9(5-11(16)14(12)23-8-13(17)20)15(21)19-10-3-2-4-18-7-10/h5-6,10,18H,2-4,7-8H2,1H3,(H2,17,20)(H,19,21)/t10-/m0/s1. The van der Waals surface area contributed by atoms with E-state index in [1.807, 2.05) is 0 Å². The second-order valence-electron chi connectivity index (χ2n) is 5.26. The number of carbonyl (C=O) groups excluding carboxylic acids is 2. The summed E-state index contributed by atoms with van der Waals surface area (Å²) in [6, 6.07) is 3.09. The van der Waals surface area contributed by atoms with Crippen LogP contribution < -0.4 is 25.8 Å². The number of primary amides is 1. The molecule has 1 aliphatic heterocycles. The van der Waals surface area contributed by atoms with Crippen molar-refractivity contribution in [1.29, 1.82) is 0 Å². The zero-order valence-corrected chi connectivity index (χ0v) is 13.6. The highest BCUT2D eigenvalue weighted by Crippen LogP contribution is 2.36. The summed E-state index contributed by atoms with van der Waals surface area (Å²) in [7, 11) is 1.43. The fraction of sp³-hybridized carbons (Fsp3) is 0.467. The van der Waals surface area contributed by atoms with Crippen LogP contribution in [0.1, 0.15) is 23.2 Å². The first-order valence-corrected chi connectivity index (χ1v) is 7.69. The molecule has 0 aromatic heterocycles. The van der Waals surface area contributed by atoms with Gasteiger partial charge in [-0.05, 0) is 31.5 Å². The van der Waals surface area contributed by atoms with Crippen molar-refractivity contribution in [1.82, 2.24) is 10.6 Å². The first kappa shape index (κ1) is 17.4. The molecule has 1 atom stereocenters. The Morgan fingerprint density at radius 3 is 2.87 bits per heavy atom. The maximum Gasteiger partial charge on any atom is 0.255 e. The van der Waals surface area contributed by atoms with Gasteiger partial charge in [-0.3, -0.25) is 9.59 Å². The maximum atomic E-state index is 12.3. The zero-order valence-electron chi connectivity index (χ0n) is 12.9. The minimum Gasteiger partial charge on any atom is -0.493 e. The third kappa shape index (κ3) is 4.74. The lowest BCUT2D eigenvalue weighted by Crippen LogP contribution is -2.45. The normalized spacial score (nSPS) is 17.4. The van der Waals surface area contributed by atoms with Crippen LogP contribution in [-0.4, -0.2) is 44.7 Å². The van der Waals surface area contributed by atoms with Gasteiger partial charge in [0.1, 0.15) is 0 Å². The van der Waals surface area contributed by atoms with Crippen LogP contribution in [0.2, 0.25) is 5.02 Å². The van der Waals surface area contributed by atoms with Gasteiger partial charge in [-0.15, -0.1) is 0 Å². The molecule has 1 fully saturated rings. The van der Waals surface area contributed by atoms with Gasteiger partial charge < -0.3 is 25.8 Å². The molecule has 0 radical (unpaired) electrons. The van der Waals surface area contributed by atoms with Gasteiger partial charge in [0, 0.05) is 18.2 Å². The van der Waals surface area contributed by atoms with Crippen LogP contribution >= 0.6 is 11.6 Å². The molecular formula is C15H20ClN3O4. The maximum absolute atomic E-state index is 12.3. The number of carbonyl (C=O) groups is 2. The summed E-state index contributed by atoms with van der Waals surface area (Å²) >= 11 is 6.13. The zero-order chi connectivity index (χ0) is 16.8. The van der Waals surface area contributed by atoms with Gasteiger partial charge in [-0.25, -0.2) is 0 Å². The minimum atomic E-state index is -0.630. The minimum absolute atomic E-state index is 0.0896. The average Bonchev–Trinajstić information content (AvgIpc) is 2.53. The molecule has 2 rings (SSSR count). The van der Waals surface area contributed by atoms with Gasteiger partial charge in [0.15, 0.2) is 18.1 Å². The molecule has 0 aliphatic carbocycles. The van der Waals surface area contributed by atoms with Crippen molar-refractivity contribution in [2.45, 2.75) is 18.9 Å². The molecule has 0 saturated carbocycles. The number of methoxy groups -OCH3 is 1. The first-order valence-electron chi connectivity index (χ1n) is 7.31. The summed E-state index contributed by atoms with van der Waals surface area (Å²) < 4.78 is 10.4. The Hall–Kier alpha value is -1.99. The molecule has 2 amide bonds. The topological polar surface area (TPSA) is 103 Å². The number of nitrogens with one attached hydrogen (secondary N) is 2. The fourth-order valence-electron chi connectivity index (χ4n) is 2.38. The number of piperidine rings is 1. The summed E-state index contributed by atoms with van der Waals surface area (Å²) in [5.41, 5.74) is 5.41. The summed E-state index contributed by atoms with van der Waals surface area (Å²) in [5.74, 6) is -0.412. The molecule has 7 nitrogen and oxygen atoms in total. The van der Waals surface area contributed by atoms with Gasteiger partial charge in [0.25, 0.3) is 11.8 Å². The van der Waals surface area contributed by atoms with Crippen LogP contribution in [0.15, 0.2) is 12.1 Å². The van der Waals surface area contributed by atoms with E-state index >= 15 is 0 Å². The molecule has 23 heavy (non-hydrogen) atoms. The lowest BCUT2D eigenvalue weighted by atomic mass is 10.1. The molecular weight excluding hydrogens is 322 g/mol. The fourth-order valence-corrected chi connectivity index (χ4v) is 2.64. The molecule has 1 aromatic rings. The van der Waals surface area contributed by atoms with E-state index in [1.165, 1.54) is 19.2 Å². The van der Waals surface area contributed by atoms with Crippen molar-refractivity contribution in [3.63, 3.8) is 0 Å². The van der Waals surface area contributed by atoms with Gasteiger partial charge in [-0.2, -0.15) is 0 Å². The van der Waals surface area contributed by atoms with Gasteiger partial charge >= 0.3 is 0 Å². The van der Waals surface area contributed by atoms with Crippen molar-refractivity contribution >= 4 is 23.4 Å². The summed E-state index contributed by atoms with van der Waals surface area (Å²) in [6.07, 6.45) is 1.96. The van der Waals surface area contributed by atoms with E-state index in [-0.39, 0.29) is 35.1 Å². The summed E-state index contributed by atoms with van der Waals surface area (Å²) in [4.78, 5) is 23.2. The van der Waals surface area contributed by atoms with Crippen molar-refractivity contribution in [3.05, 3.63) is 22.7 Å². The largest absolute Gasteiger partial charge is 0.493 e. The van der Waals surface area contributed by atoms with E-state index < -0.39 is 5.91 Å². The smallest absolute Gasteiger partial charge is 0.255 e. The molecule has 1 aromatic carbocycles. The van der Waals surface area contributed by atoms with Crippen LogP contribution in [0.5, 0.6) is 11.5 Å². The number of benzene rings is 1. The van der Waals surface area contributed by atoms with E-state index in [0.717, 1.165) is 25.9 Å². The number of ether oxygens (including phenoxy) is 2. The predicted molar refractivity (Wildman–Crippen MR) is 86.1 cm³/mol. The van der Waals surface area contributed by atoms with Crippen molar-refractivity contribution in [2.75, 3.05) is 26.8 Å². The Morgan fingerprint density at radius 1 is 1.48 bits per heavy atom. The highest BCUT2D eigenvalue weighted by molar-refractivity contribution is 6.32. The Balaban J connectivity index is 2.14. The molecule has 0 bridgehead atoms. The Morgan fingerprint density at radius 2 is 2.26 bits per heavy atom. The van der Waals surface area contributed by atoms with E-state index in [0.29, 0.717) is 5.56 Å². The van der Waals surface area contributed by atoms with Gasteiger partial charge in [0.05, 0.1) is 12.1 Å². The molecule has 0 unspecified atom stereocenters. The van der Waals surface area contributed by atoms with E-state index in [9.17, 15) is 9.59 Å². The molecule has 1 aliphatic rings. The second kappa shape index (κ2) is 8.03. The van der Waals surface area contributed by atoms with E-state index in [4.69, 9.17) is 26.8 Å². The number of amides is 2. The average molecular weight is 342 g/mol. The Bertz CT molecular complexity index is 588. The number of halogens is 1. The second-order valence-corrected chi connectivity index (χ2v) is 5.67. The monoisotopic (exact) mass is 341 g/mol. The van der Waals surface area contributed by atoms with Crippen LogP contribution in [0.3, 0.4) is 0 Å². The number of rotatable bonds is 6. The van der Waals surface area contributed by atoms with Crippen LogP contribution in [0, 0.1) is 0 Å². The van der Waals surface area contributed by atoms with Crippen LogP contribution in [0.4, 0.5) is 0 Å². The number of hydrogen-bond acceptors (Lipinski definition) is 5. The van der Waals surface area contributed by atoms with Gasteiger partial charge in [0.2, 0.25) is 0 Å². The molecule has 126 valence electrons. The Kier molecular flexibility index (Phi) is 6.06. The Labute approximate surface area is 139 Å². The molecule has 8 heteroatoms. The van der Waals surface area contributed by atoms with Gasteiger partial charge in [-0.1, -0.05) is 11.6 Å². The molecule has 4 N–H and O–H groups in total. The van der Waals surface area contributed by atoms with Crippen molar-refractivity contribution in [3.8, 4) is 11.5 Å². The highest BCUT2D eigenvalue weighted by Gasteiger charge is 2.20. The summed E-state index contributed by atoms with van der Waals surface area (Å²) in [5, 5.41) is 6.36. The SMILES string of the molecule is COc1cc(C(=O)N[C@H]2CCCNC2)cc(Cl)c1OCC(N)=O. The lowest BCUT2D eigenvalue weighted by molar-refractivity contribution is -0.119. The molecule has 1 heterocycles. The third-order valence-electron chi connectivity index (χ3n) is 3.48. The number of hydrogen-bond donors (Lipinski definition) is 3. The van der Waals surface area contributed by atoms with E-state index in [2.05, 4.69) is 10.6 Å². The molecule has 1 saturated heterocycles. The quantitative estimate of drug-likeness (QED) is 0.706. The van der Waals surface area contributed by atoms with Crippen LogP contribution in [-0.2, 0) is 4.79 Å². The van der Waals surface area contributed by atoms with E-state index in [1.54, 1.807) is 0 Å². The predicted octanol–water partition coefficient (Wildman–Crippen LogP) is 0.695. The lowest BCUT2D eigenvalue weighted by Gasteiger charge is -2.24.